The molecule has 0 saturated carbocycles. The number of H-pyrrole nitrogens is 1. The Morgan fingerprint density at radius 3 is 2.72 bits per heavy atom. The van der Waals surface area contributed by atoms with E-state index in [0.29, 0.717) is 28.6 Å². The summed E-state index contributed by atoms with van der Waals surface area (Å²) in [7, 11) is 0. The zero-order valence-electron chi connectivity index (χ0n) is 17.4. The Bertz CT molecular complexity index is 1330. The fourth-order valence-corrected chi connectivity index (χ4v) is 3.62. The summed E-state index contributed by atoms with van der Waals surface area (Å²) in [6, 6.07) is 22.9. The molecule has 2 N–H and O–H groups in total. The molecule has 0 atom stereocenters. The van der Waals surface area contributed by atoms with E-state index in [-0.39, 0.29) is 5.57 Å². The number of nitrogens with one attached hydrogen (secondary N) is 2. The van der Waals surface area contributed by atoms with E-state index < -0.39 is 5.91 Å². The lowest BCUT2D eigenvalue weighted by molar-refractivity contribution is -0.112. The molecule has 0 saturated heterocycles. The van der Waals surface area contributed by atoms with Crippen molar-refractivity contribution in [2.45, 2.75) is 13.5 Å². The van der Waals surface area contributed by atoms with Gasteiger partial charge in [0.05, 0.1) is 10.7 Å². The largest absolute Gasteiger partial charge is 0.489 e. The fourth-order valence-electron chi connectivity index (χ4n) is 3.35. The number of fused-ring (bicyclic) bond motifs is 1. The molecule has 0 fully saturated rings. The van der Waals surface area contributed by atoms with Gasteiger partial charge in [-0.25, -0.2) is 0 Å². The number of hydrogen-bond acceptors (Lipinski definition) is 3. The first kappa shape index (κ1) is 21.2. The summed E-state index contributed by atoms with van der Waals surface area (Å²) in [5.74, 6) is 0.180. The lowest BCUT2D eigenvalue weighted by atomic mass is 10.1. The fraction of sp³-hybridized carbons (Fsp3) is 0.0769. The van der Waals surface area contributed by atoms with E-state index in [1.165, 1.54) is 0 Å². The van der Waals surface area contributed by atoms with Crippen LogP contribution in [-0.2, 0) is 11.4 Å². The number of benzene rings is 3. The highest BCUT2D eigenvalue weighted by Crippen LogP contribution is 2.28. The predicted octanol–water partition coefficient (Wildman–Crippen LogP) is 6.25. The molecule has 0 unspecified atom stereocenters. The van der Waals surface area contributed by atoms with Gasteiger partial charge in [-0.15, -0.1) is 0 Å². The van der Waals surface area contributed by atoms with Crippen molar-refractivity contribution in [3.05, 3.63) is 100 Å². The maximum Gasteiger partial charge on any atom is 0.266 e. The van der Waals surface area contributed by atoms with Crippen LogP contribution in [0.1, 0.15) is 16.7 Å². The summed E-state index contributed by atoms with van der Waals surface area (Å²) in [5.41, 5.74) is 3.95. The van der Waals surface area contributed by atoms with Gasteiger partial charge in [-0.05, 0) is 48.4 Å². The number of halogens is 1. The number of ether oxygens (including phenoxy) is 1. The Kier molecular flexibility index (Phi) is 6.25. The van der Waals surface area contributed by atoms with Crippen LogP contribution >= 0.6 is 11.6 Å². The Morgan fingerprint density at radius 1 is 1.16 bits per heavy atom. The third-order valence-electron chi connectivity index (χ3n) is 5.06. The SMILES string of the molecule is Cc1cccc(Cl)c1NC(=O)/C(C#N)=C/c1c[nH]c2ccc(OCc3ccccc3)cc12. The minimum atomic E-state index is -0.519. The van der Waals surface area contributed by atoms with Crippen LogP contribution in [0.2, 0.25) is 5.02 Å². The molecule has 0 aliphatic carbocycles. The third-order valence-corrected chi connectivity index (χ3v) is 5.37. The van der Waals surface area contributed by atoms with Crippen LogP contribution in [0.15, 0.2) is 78.5 Å². The number of nitrogens with zero attached hydrogens (tertiary/aromatic N) is 1. The monoisotopic (exact) mass is 441 g/mol. The molecule has 1 heterocycles. The summed E-state index contributed by atoms with van der Waals surface area (Å²) < 4.78 is 5.92. The topological polar surface area (TPSA) is 77.9 Å². The van der Waals surface area contributed by atoms with Crippen LogP contribution in [-0.4, -0.2) is 10.9 Å². The van der Waals surface area contributed by atoms with Crippen molar-refractivity contribution in [1.82, 2.24) is 4.98 Å². The molecule has 32 heavy (non-hydrogen) atoms. The number of rotatable bonds is 6. The Hall–Kier alpha value is -4.01. The van der Waals surface area contributed by atoms with Crippen molar-refractivity contribution in [2.24, 2.45) is 0 Å². The highest BCUT2D eigenvalue weighted by molar-refractivity contribution is 6.34. The number of para-hydroxylation sites is 1. The first-order chi connectivity index (χ1) is 15.5. The molecule has 1 amide bonds. The normalized spacial score (nSPS) is 11.2. The van der Waals surface area contributed by atoms with Crippen LogP contribution in [0.5, 0.6) is 5.75 Å². The van der Waals surface area contributed by atoms with Crippen molar-refractivity contribution in [3.63, 3.8) is 0 Å². The lowest BCUT2D eigenvalue weighted by Crippen LogP contribution is -2.14. The van der Waals surface area contributed by atoms with Crippen molar-refractivity contribution in [1.29, 1.82) is 5.26 Å². The van der Waals surface area contributed by atoms with Gasteiger partial charge in [0, 0.05) is 22.7 Å². The second kappa shape index (κ2) is 9.42. The van der Waals surface area contributed by atoms with Gasteiger partial charge in [-0.2, -0.15) is 5.26 Å². The Balaban J connectivity index is 1.58. The molecule has 158 valence electrons. The molecule has 5 nitrogen and oxygen atoms in total. The number of hydrogen-bond donors (Lipinski definition) is 2. The van der Waals surface area contributed by atoms with Crippen LogP contribution < -0.4 is 10.1 Å². The molecule has 1 aromatic heterocycles. The van der Waals surface area contributed by atoms with Gasteiger partial charge >= 0.3 is 0 Å². The summed E-state index contributed by atoms with van der Waals surface area (Å²) in [4.78, 5) is 15.9. The standard InChI is InChI=1S/C26H20ClN3O2/c1-17-6-5-9-23(27)25(17)30-26(31)19(14-28)12-20-15-29-24-11-10-21(13-22(20)24)32-16-18-7-3-2-4-8-18/h2-13,15,29H,16H2,1H3,(H,30,31)/b19-12+. The minimum Gasteiger partial charge on any atom is -0.489 e. The number of carbonyl (C=O) groups excluding carboxylic acids is 1. The van der Waals surface area contributed by atoms with Gasteiger partial charge in [-0.1, -0.05) is 54.1 Å². The van der Waals surface area contributed by atoms with Gasteiger partial charge in [0.2, 0.25) is 0 Å². The van der Waals surface area contributed by atoms with Gasteiger partial charge < -0.3 is 15.0 Å². The average molecular weight is 442 g/mol. The summed E-state index contributed by atoms with van der Waals surface area (Å²) in [6.07, 6.45) is 3.32. The molecule has 0 aliphatic rings. The van der Waals surface area contributed by atoms with Crippen LogP contribution in [0.3, 0.4) is 0 Å². The van der Waals surface area contributed by atoms with Gasteiger partial charge in [0.1, 0.15) is 24.0 Å². The molecule has 4 aromatic rings. The zero-order chi connectivity index (χ0) is 22.5. The van der Waals surface area contributed by atoms with Crippen molar-refractivity contribution in [2.75, 3.05) is 5.32 Å². The quantitative estimate of drug-likeness (QED) is 0.274. The zero-order valence-corrected chi connectivity index (χ0v) is 18.1. The van der Waals surface area contributed by atoms with E-state index in [1.54, 1.807) is 24.4 Å². The maximum atomic E-state index is 12.7. The van der Waals surface area contributed by atoms with Crippen molar-refractivity contribution >= 4 is 40.2 Å². The first-order valence-electron chi connectivity index (χ1n) is 10.0. The summed E-state index contributed by atoms with van der Waals surface area (Å²) >= 11 is 6.20. The molecule has 0 bridgehead atoms. The number of aryl methyl sites for hydroxylation is 1. The second-order valence-corrected chi connectivity index (χ2v) is 7.69. The number of amides is 1. The van der Waals surface area contributed by atoms with Crippen molar-refractivity contribution < 1.29 is 9.53 Å². The highest BCUT2D eigenvalue weighted by Gasteiger charge is 2.14. The molecule has 0 aliphatic heterocycles. The van der Waals surface area contributed by atoms with Gasteiger partial charge in [0.15, 0.2) is 0 Å². The maximum absolute atomic E-state index is 12.7. The molecule has 6 heteroatoms. The highest BCUT2D eigenvalue weighted by atomic mass is 35.5. The molecular weight excluding hydrogens is 422 g/mol. The Labute approximate surface area is 190 Å². The number of nitriles is 1. The van der Waals surface area contributed by atoms with E-state index >= 15 is 0 Å². The summed E-state index contributed by atoms with van der Waals surface area (Å²) in [5, 5.41) is 13.6. The third kappa shape index (κ3) is 4.66. The molecule has 0 spiro atoms. The van der Waals surface area contributed by atoms with Gasteiger partial charge in [-0.3, -0.25) is 4.79 Å². The van der Waals surface area contributed by atoms with Crippen LogP contribution in [0.4, 0.5) is 5.69 Å². The average Bonchev–Trinajstić information content (AvgIpc) is 3.21. The van der Waals surface area contributed by atoms with E-state index in [9.17, 15) is 10.1 Å². The molecule has 3 aromatic carbocycles. The van der Waals surface area contributed by atoms with Gasteiger partial charge in [0.25, 0.3) is 5.91 Å². The van der Waals surface area contributed by atoms with Crippen molar-refractivity contribution in [3.8, 4) is 11.8 Å². The number of aromatic nitrogens is 1. The molecule has 0 radical (unpaired) electrons. The van der Waals surface area contributed by atoms with E-state index in [1.807, 2.05) is 67.6 Å². The Morgan fingerprint density at radius 2 is 1.97 bits per heavy atom. The summed E-state index contributed by atoms with van der Waals surface area (Å²) in [6.45, 7) is 2.29. The first-order valence-corrected chi connectivity index (χ1v) is 10.4. The minimum absolute atomic E-state index is 0.0270. The smallest absolute Gasteiger partial charge is 0.266 e. The predicted molar refractivity (Wildman–Crippen MR) is 127 cm³/mol. The van der Waals surface area contributed by atoms with E-state index in [2.05, 4.69) is 10.3 Å². The second-order valence-electron chi connectivity index (χ2n) is 7.28. The molecule has 4 rings (SSSR count). The van der Waals surface area contributed by atoms with Crippen LogP contribution in [0, 0.1) is 18.3 Å². The number of aromatic amines is 1. The molecular formula is C26H20ClN3O2. The lowest BCUT2D eigenvalue weighted by Gasteiger charge is -2.09. The van der Waals surface area contributed by atoms with E-state index in [0.717, 1.165) is 22.0 Å². The number of anilines is 1. The van der Waals surface area contributed by atoms with Crippen LogP contribution in [0.25, 0.3) is 17.0 Å². The van der Waals surface area contributed by atoms with E-state index in [4.69, 9.17) is 16.3 Å². The number of carbonyl (C=O) groups is 1.